The van der Waals surface area contributed by atoms with Crippen molar-refractivity contribution in [3.63, 3.8) is 0 Å². The van der Waals surface area contributed by atoms with E-state index in [0.29, 0.717) is 6.61 Å². The second-order valence-corrected chi connectivity index (χ2v) is 1.34. The first-order valence-electron chi connectivity index (χ1n) is 2.45. The van der Waals surface area contributed by atoms with Gasteiger partial charge < -0.3 is 4.74 Å². The first-order valence-corrected chi connectivity index (χ1v) is 2.45. The van der Waals surface area contributed by atoms with Crippen molar-refractivity contribution >= 4 is 6.21 Å². The Balaban J connectivity index is 2.51. The van der Waals surface area contributed by atoms with E-state index < -0.39 is 0 Å². The number of rotatable bonds is 0. The molecular weight excluding hydrogens is 102 g/mol. The van der Waals surface area contributed by atoms with Crippen molar-refractivity contribution in [2.45, 2.75) is 0 Å². The lowest BCUT2D eigenvalue weighted by Crippen LogP contribution is -1.87. The molecule has 1 aliphatic rings. The van der Waals surface area contributed by atoms with Gasteiger partial charge in [0.25, 0.3) is 0 Å². The normalized spacial score (nSPS) is 25.0. The lowest BCUT2D eigenvalue weighted by atomic mass is 10.6. The first kappa shape index (κ1) is 5.09. The highest BCUT2D eigenvalue weighted by Gasteiger charge is 1.74. The van der Waals surface area contributed by atoms with Crippen LogP contribution in [-0.2, 0) is 4.74 Å². The van der Waals surface area contributed by atoms with Gasteiger partial charge in [0.1, 0.15) is 6.61 Å². The van der Waals surface area contributed by atoms with Gasteiger partial charge in [-0.15, -0.1) is 0 Å². The Hall–Kier alpha value is -1.05. The monoisotopic (exact) mass is 109 g/mol. The van der Waals surface area contributed by atoms with Crippen molar-refractivity contribution in [2.24, 2.45) is 4.99 Å². The van der Waals surface area contributed by atoms with E-state index in [1.54, 1.807) is 24.8 Å². The molecule has 0 fully saturated rings. The lowest BCUT2D eigenvalue weighted by molar-refractivity contribution is 0.305. The molecule has 0 unspecified atom stereocenters. The number of aliphatic imine (C=N–C) groups is 1. The molecule has 0 spiro atoms. The SMILES string of the molecule is C1=N/C=C\C=C/OC1. The van der Waals surface area contributed by atoms with Crippen LogP contribution in [0.1, 0.15) is 0 Å². The molecule has 0 saturated heterocycles. The largest absolute Gasteiger partial charge is 0.496 e. The van der Waals surface area contributed by atoms with Crippen LogP contribution in [0.25, 0.3) is 0 Å². The zero-order valence-corrected chi connectivity index (χ0v) is 4.45. The molecule has 0 aromatic heterocycles. The van der Waals surface area contributed by atoms with Gasteiger partial charge in [-0.1, -0.05) is 0 Å². The Morgan fingerprint density at radius 2 is 2.38 bits per heavy atom. The standard InChI is InChI=1S/C6H7NO/c1-2-5-8-6-4-7-3-1/h1-5H,6H2/b3-1-,5-2-,7-4?. The molecule has 0 aromatic carbocycles. The van der Waals surface area contributed by atoms with E-state index in [0.717, 1.165) is 0 Å². The van der Waals surface area contributed by atoms with E-state index in [2.05, 4.69) is 4.99 Å². The molecule has 8 heavy (non-hydrogen) atoms. The van der Waals surface area contributed by atoms with E-state index >= 15 is 0 Å². The highest BCUT2D eigenvalue weighted by atomic mass is 16.5. The molecule has 0 amide bonds. The number of ether oxygens (including phenoxy) is 1. The summed E-state index contributed by atoms with van der Waals surface area (Å²) in [6, 6.07) is 0. The molecular formula is C6H7NO. The molecule has 0 aliphatic carbocycles. The zero-order chi connectivity index (χ0) is 5.66. The first-order chi connectivity index (χ1) is 4.00. The molecule has 42 valence electrons. The number of hydrogen-bond donors (Lipinski definition) is 0. The molecule has 0 aromatic rings. The summed E-state index contributed by atoms with van der Waals surface area (Å²) in [7, 11) is 0. The smallest absolute Gasteiger partial charge is 0.122 e. The molecule has 0 radical (unpaired) electrons. The van der Waals surface area contributed by atoms with Crippen molar-refractivity contribution < 1.29 is 4.74 Å². The topological polar surface area (TPSA) is 21.6 Å². The average Bonchev–Trinajstić information content (AvgIpc) is 1.62. The molecule has 0 saturated carbocycles. The molecule has 0 atom stereocenters. The molecule has 2 heteroatoms. The fraction of sp³-hybridized carbons (Fsp3) is 0.167. The van der Waals surface area contributed by atoms with Gasteiger partial charge in [-0.25, -0.2) is 0 Å². The van der Waals surface area contributed by atoms with Crippen molar-refractivity contribution in [2.75, 3.05) is 6.61 Å². The van der Waals surface area contributed by atoms with Crippen molar-refractivity contribution in [1.29, 1.82) is 0 Å². The molecule has 0 N–H and O–H groups in total. The number of hydrogen-bond acceptors (Lipinski definition) is 2. The maximum Gasteiger partial charge on any atom is 0.122 e. The van der Waals surface area contributed by atoms with Crippen molar-refractivity contribution in [1.82, 2.24) is 0 Å². The summed E-state index contributed by atoms with van der Waals surface area (Å²) in [6.07, 6.45) is 8.69. The minimum atomic E-state index is 0.570. The molecule has 2 nitrogen and oxygen atoms in total. The fourth-order valence-electron chi connectivity index (χ4n) is 0.403. The van der Waals surface area contributed by atoms with Crippen LogP contribution in [-0.4, -0.2) is 12.8 Å². The summed E-state index contributed by atoms with van der Waals surface area (Å²) in [6.45, 7) is 0.570. The zero-order valence-electron chi connectivity index (χ0n) is 4.45. The number of nitrogens with zero attached hydrogens (tertiary/aromatic N) is 1. The van der Waals surface area contributed by atoms with Gasteiger partial charge in [0.15, 0.2) is 0 Å². The van der Waals surface area contributed by atoms with E-state index in [9.17, 15) is 0 Å². The predicted molar refractivity (Wildman–Crippen MR) is 32.7 cm³/mol. The van der Waals surface area contributed by atoms with Crippen LogP contribution in [0, 0.1) is 0 Å². The van der Waals surface area contributed by atoms with Crippen molar-refractivity contribution in [3.05, 3.63) is 24.6 Å². The minimum absolute atomic E-state index is 0.570. The fourth-order valence-corrected chi connectivity index (χ4v) is 0.403. The van der Waals surface area contributed by atoms with Gasteiger partial charge in [-0.05, 0) is 12.2 Å². The van der Waals surface area contributed by atoms with Crippen LogP contribution in [0.4, 0.5) is 0 Å². The van der Waals surface area contributed by atoms with Crippen LogP contribution >= 0.6 is 0 Å². The summed E-state index contributed by atoms with van der Waals surface area (Å²) in [4.78, 5) is 3.85. The van der Waals surface area contributed by atoms with Crippen LogP contribution in [0.15, 0.2) is 29.6 Å². The van der Waals surface area contributed by atoms with Crippen LogP contribution in [0.5, 0.6) is 0 Å². The molecule has 1 aliphatic heterocycles. The Morgan fingerprint density at radius 3 is 3.38 bits per heavy atom. The summed E-state index contributed by atoms with van der Waals surface area (Å²) in [5, 5.41) is 0. The Morgan fingerprint density at radius 1 is 1.38 bits per heavy atom. The molecule has 0 bridgehead atoms. The second-order valence-electron chi connectivity index (χ2n) is 1.34. The van der Waals surface area contributed by atoms with Gasteiger partial charge >= 0.3 is 0 Å². The summed E-state index contributed by atoms with van der Waals surface area (Å²) < 4.78 is 4.89. The van der Waals surface area contributed by atoms with Crippen LogP contribution < -0.4 is 0 Å². The minimum Gasteiger partial charge on any atom is -0.496 e. The highest BCUT2D eigenvalue weighted by Crippen LogP contribution is 1.83. The Labute approximate surface area is 48.2 Å². The van der Waals surface area contributed by atoms with E-state index in [-0.39, 0.29) is 0 Å². The summed E-state index contributed by atoms with van der Waals surface area (Å²) in [5.41, 5.74) is 0. The summed E-state index contributed by atoms with van der Waals surface area (Å²) in [5.74, 6) is 0. The van der Waals surface area contributed by atoms with Crippen molar-refractivity contribution in [3.8, 4) is 0 Å². The third-order valence-electron chi connectivity index (χ3n) is 0.734. The molecule has 1 rings (SSSR count). The van der Waals surface area contributed by atoms with Gasteiger partial charge in [-0.2, -0.15) is 0 Å². The van der Waals surface area contributed by atoms with Gasteiger partial charge in [0, 0.05) is 12.4 Å². The number of allylic oxidation sites excluding steroid dienone is 2. The predicted octanol–water partition coefficient (Wildman–Crippen LogP) is 1.11. The summed E-state index contributed by atoms with van der Waals surface area (Å²) >= 11 is 0. The van der Waals surface area contributed by atoms with Gasteiger partial charge in [-0.3, -0.25) is 4.99 Å². The van der Waals surface area contributed by atoms with Crippen LogP contribution in [0.3, 0.4) is 0 Å². The maximum absolute atomic E-state index is 4.89. The van der Waals surface area contributed by atoms with Crippen LogP contribution in [0.2, 0.25) is 0 Å². The van der Waals surface area contributed by atoms with Gasteiger partial charge in [0.2, 0.25) is 0 Å². The highest BCUT2D eigenvalue weighted by molar-refractivity contribution is 5.59. The second kappa shape index (κ2) is 3.02. The average molecular weight is 109 g/mol. The third-order valence-corrected chi connectivity index (χ3v) is 0.734. The quantitative estimate of drug-likeness (QED) is 0.456. The molecule has 1 heterocycles. The van der Waals surface area contributed by atoms with E-state index in [1.165, 1.54) is 0 Å². The maximum atomic E-state index is 4.89. The van der Waals surface area contributed by atoms with Gasteiger partial charge in [0.05, 0.1) is 6.26 Å². The lowest BCUT2D eigenvalue weighted by Gasteiger charge is -1.92. The Bertz CT molecular complexity index is 119. The third kappa shape index (κ3) is 1.60. The Kier molecular flexibility index (Phi) is 1.92. The van der Waals surface area contributed by atoms with E-state index in [4.69, 9.17) is 4.74 Å². The van der Waals surface area contributed by atoms with E-state index in [1.807, 2.05) is 6.08 Å².